The van der Waals surface area contributed by atoms with E-state index in [-0.39, 0.29) is 23.8 Å². The van der Waals surface area contributed by atoms with Crippen LogP contribution in [-0.2, 0) is 10.0 Å². The maximum absolute atomic E-state index is 12.7. The van der Waals surface area contributed by atoms with Crippen LogP contribution in [0.15, 0.2) is 23.4 Å². The summed E-state index contributed by atoms with van der Waals surface area (Å²) in [4.78, 5) is 3.25. The van der Waals surface area contributed by atoms with Gasteiger partial charge in [0.1, 0.15) is 10.7 Å². The Kier molecular flexibility index (Phi) is 5.80. The van der Waals surface area contributed by atoms with Crippen LogP contribution in [0, 0.1) is 5.82 Å². The van der Waals surface area contributed by atoms with Crippen molar-refractivity contribution in [2.45, 2.75) is 17.9 Å². The molecule has 0 aliphatic carbocycles. The van der Waals surface area contributed by atoms with Crippen LogP contribution in [0.3, 0.4) is 0 Å². The van der Waals surface area contributed by atoms with Crippen molar-refractivity contribution < 1.29 is 12.8 Å². The van der Waals surface area contributed by atoms with Crippen molar-refractivity contribution in [3.8, 4) is 0 Å². The van der Waals surface area contributed by atoms with Gasteiger partial charge in [-0.2, -0.15) is 0 Å². The zero-order valence-electron chi connectivity index (χ0n) is 8.55. The Morgan fingerprint density at radius 3 is 2.69 bits per heavy atom. The van der Waals surface area contributed by atoms with E-state index in [1.165, 1.54) is 0 Å². The second kappa shape index (κ2) is 6.09. The first-order chi connectivity index (χ1) is 6.95. The zero-order valence-corrected chi connectivity index (χ0v) is 10.2. The predicted octanol–water partition coefficient (Wildman–Crippen LogP) is 0.268. The van der Waals surface area contributed by atoms with E-state index in [1.807, 2.05) is 0 Å². The molecule has 92 valence electrons. The van der Waals surface area contributed by atoms with Gasteiger partial charge in [0.05, 0.1) is 6.20 Å². The van der Waals surface area contributed by atoms with Crippen LogP contribution in [-0.4, -0.2) is 26.0 Å². The third-order valence-corrected chi connectivity index (χ3v) is 3.26. The summed E-state index contributed by atoms with van der Waals surface area (Å²) in [5.41, 5.74) is 5.27. The summed E-state index contributed by atoms with van der Waals surface area (Å²) in [7, 11) is -3.73. The van der Waals surface area contributed by atoms with Crippen LogP contribution in [0.25, 0.3) is 0 Å². The Hall–Kier alpha value is -0.760. The molecule has 0 radical (unpaired) electrons. The van der Waals surface area contributed by atoms with E-state index in [0.29, 0.717) is 0 Å². The zero-order chi connectivity index (χ0) is 11.5. The summed E-state index contributed by atoms with van der Waals surface area (Å²) >= 11 is 0. The van der Waals surface area contributed by atoms with Crippen molar-refractivity contribution in [1.82, 2.24) is 9.71 Å². The van der Waals surface area contributed by atoms with Crippen LogP contribution in [0.5, 0.6) is 0 Å². The molecule has 0 aliphatic rings. The summed E-state index contributed by atoms with van der Waals surface area (Å²) in [5.74, 6) is -0.696. The number of sulfonamides is 1. The quantitative estimate of drug-likeness (QED) is 0.822. The minimum atomic E-state index is -3.73. The molecule has 0 bridgehead atoms. The average molecular weight is 270 g/mol. The normalized spacial score (nSPS) is 12.9. The molecule has 1 heterocycles. The number of hydrogen-bond donors (Lipinski definition) is 2. The Balaban J connectivity index is 0.00000225. The highest BCUT2D eigenvalue weighted by Crippen LogP contribution is 2.08. The standard InChI is InChI=1S/C8H12FN3O2S.ClH/c1-6(3-10)12-15(13,14)8-2-7(9)4-11-5-8;/h2,4-6,12H,3,10H2,1H3;1H/t6-;/m0./s1. The van der Waals surface area contributed by atoms with Gasteiger partial charge in [-0.05, 0) is 13.0 Å². The van der Waals surface area contributed by atoms with Gasteiger partial charge in [-0.3, -0.25) is 4.98 Å². The third kappa shape index (κ3) is 4.01. The monoisotopic (exact) mass is 269 g/mol. The van der Waals surface area contributed by atoms with Gasteiger partial charge in [0.25, 0.3) is 0 Å². The molecule has 1 atom stereocenters. The number of nitrogens with two attached hydrogens (primary N) is 1. The van der Waals surface area contributed by atoms with Crippen molar-refractivity contribution in [3.63, 3.8) is 0 Å². The van der Waals surface area contributed by atoms with Gasteiger partial charge in [-0.1, -0.05) is 0 Å². The van der Waals surface area contributed by atoms with Crippen molar-refractivity contribution in [2.24, 2.45) is 5.73 Å². The lowest BCUT2D eigenvalue weighted by atomic mass is 10.4. The lowest BCUT2D eigenvalue weighted by Crippen LogP contribution is -2.37. The van der Waals surface area contributed by atoms with Crippen molar-refractivity contribution >= 4 is 22.4 Å². The number of pyridine rings is 1. The fourth-order valence-electron chi connectivity index (χ4n) is 0.920. The first kappa shape index (κ1) is 15.2. The molecule has 1 aromatic heterocycles. The van der Waals surface area contributed by atoms with Gasteiger partial charge >= 0.3 is 0 Å². The molecular weight excluding hydrogens is 257 g/mol. The molecule has 0 saturated carbocycles. The topological polar surface area (TPSA) is 85.1 Å². The highest BCUT2D eigenvalue weighted by molar-refractivity contribution is 7.89. The largest absolute Gasteiger partial charge is 0.329 e. The molecular formula is C8H13ClFN3O2S. The van der Waals surface area contributed by atoms with Crippen LogP contribution in [0.4, 0.5) is 4.39 Å². The molecule has 0 aliphatic heterocycles. The summed E-state index contributed by atoms with van der Waals surface area (Å²) in [6.07, 6.45) is 2.01. The molecule has 1 rings (SSSR count). The summed E-state index contributed by atoms with van der Waals surface area (Å²) in [5, 5.41) is 0. The van der Waals surface area contributed by atoms with Crippen molar-refractivity contribution in [1.29, 1.82) is 0 Å². The van der Waals surface area contributed by atoms with Gasteiger partial charge in [-0.25, -0.2) is 17.5 Å². The number of aromatic nitrogens is 1. The van der Waals surface area contributed by atoms with Crippen LogP contribution in [0.2, 0.25) is 0 Å². The molecule has 0 spiro atoms. The van der Waals surface area contributed by atoms with E-state index in [0.717, 1.165) is 18.5 Å². The molecule has 16 heavy (non-hydrogen) atoms. The predicted molar refractivity (Wildman–Crippen MR) is 60.3 cm³/mol. The minimum Gasteiger partial charge on any atom is -0.329 e. The van der Waals surface area contributed by atoms with E-state index in [9.17, 15) is 12.8 Å². The Bertz CT molecular complexity index is 441. The molecule has 1 aromatic rings. The van der Waals surface area contributed by atoms with E-state index >= 15 is 0 Å². The van der Waals surface area contributed by atoms with Crippen LogP contribution < -0.4 is 10.5 Å². The fourth-order valence-corrected chi connectivity index (χ4v) is 2.15. The lowest BCUT2D eigenvalue weighted by molar-refractivity contribution is 0.558. The molecule has 0 amide bonds. The van der Waals surface area contributed by atoms with E-state index in [4.69, 9.17) is 5.73 Å². The molecule has 0 unspecified atom stereocenters. The van der Waals surface area contributed by atoms with Gasteiger partial charge in [0.15, 0.2) is 0 Å². The third-order valence-electron chi connectivity index (χ3n) is 1.70. The molecule has 3 N–H and O–H groups in total. The number of hydrogen-bond acceptors (Lipinski definition) is 4. The Morgan fingerprint density at radius 2 is 2.19 bits per heavy atom. The number of nitrogens with zero attached hydrogens (tertiary/aromatic N) is 1. The van der Waals surface area contributed by atoms with Gasteiger partial charge < -0.3 is 5.73 Å². The summed E-state index contributed by atoms with van der Waals surface area (Å²) in [6, 6.07) is 0.497. The smallest absolute Gasteiger partial charge is 0.242 e. The van der Waals surface area contributed by atoms with Crippen LogP contribution >= 0.6 is 12.4 Å². The van der Waals surface area contributed by atoms with E-state index < -0.39 is 21.9 Å². The molecule has 0 aromatic carbocycles. The SMILES string of the molecule is C[C@@H](CN)NS(=O)(=O)c1cncc(F)c1.Cl. The van der Waals surface area contributed by atoms with Gasteiger partial charge in [-0.15, -0.1) is 12.4 Å². The number of halogens is 2. The summed E-state index contributed by atoms with van der Waals surface area (Å²) in [6.45, 7) is 1.78. The van der Waals surface area contributed by atoms with Crippen molar-refractivity contribution in [3.05, 3.63) is 24.3 Å². The van der Waals surface area contributed by atoms with E-state index in [2.05, 4.69) is 9.71 Å². The Morgan fingerprint density at radius 1 is 1.56 bits per heavy atom. The highest BCUT2D eigenvalue weighted by atomic mass is 35.5. The first-order valence-electron chi connectivity index (χ1n) is 4.28. The van der Waals surface area contributed by atoms with E-state index in [1.54, 1.807) is 6.92 Å². The average Bonchev–Trinajstić information content (AvgIpc) is 2.17. The minimum absolute atomic E-state index is 0. The van der Waals surface area contributed by atoms with Gasteiger partial charge in [0.2, 0.25) is 10.0 Å². The summed E-state index contributed by atoms with van der Waals surface area (Å²) < 4.78 is 38.2. The maximum atomic E-state index is 12.7. The van der Waals surface area contributed by atoms with Gasteiger partial charge in [0, 0.05) is 18.8 Å². The molecule has 5 nitrogen and oxygen atoms in total. The highest BCUT2D eigenvalue weighted by Gasteiger charge is 2.17. The number of nitrogens with one attached hydrogen (secondary N) is 1. The van der Waals surface area contributed by atoms with Crippen molar-refractivity contribution in [2.75, 3.05) is 6.54 Å². The Labute approximate surface area is 99.7 Å². The number of rotatable bonds is 4. The lowest BCUT2D eigenvalue weighted by Gasteiger charge is -2.11. The second-order valence-electron chi connectivity index (χ2n) is 3.10. The maximum Gasteiger partial charge on any atom is 0.242 e. The molecule has 0 saturated heterocycles. The molecule has 8 heteroatoms. The van der Waals surface area contributed by atoms with Crippen LogP contribution in [0.1, 0.15) is 6.92 Å². The molecule has 0 fully saturated rings. The fraction of sp³-hybridized carbons (Fsp3) is 0.375. The first-order valence-corrected chi connectivity index (χ1v) is 5.77. The second-order valence-corrected chi connectivity index (χ2v) is 4.81.